The highest BCUT2D eigenvalue weighted by atomic mass is 32.2. The zero-order chi connectivity index (χ0) is 18.8. The summed E-state index contributed by atoms with van der Waals surface area (Å²) in [6.45, 7) is 4.35. The summed E-state index contributed by atoms with van der Waals surface area (Å²) in [5.41, 5.74) is 0.392. The van der Waals surface area contributed by atoms with Crippen LogP contribution in [0.25, 0.3) is 0 Å². The highest BCUT2D eigenvalue weighted by molar-refractivity contribution is 7.89. The zero-order valence-corrected chi connectivity index (χ0v) is 16.6. The fraction of sp³-hybridized carbons (Fsp3) is 0.722. The first-order chi connectivity index (χ1) is 12.9. The zero-order valence-electron chi connectivity index (χ0n) is 15.8. The highest BCUT2D eigenvalue weighted by Gasteiger charge is 2.54. The molecule has 1 spiro atoms. The second-order valence-corrected chi connectivity index (χ2v) is 10.3. The van der Waals surface area contributed by atoms with Crippen LogP contribution in [0.1, 0.15) is 67.8 Å². The maximum atomic E-state index is 13.4. The van der Waals surface area contributed by atoms with E-state index in [2.05, 4.69) is 19.9 Å². The summed E-state index contributed by atoms with van der Waals surface area (Å²) < 4.78 is 35.8. The number of aromatic nitrogens is 4. The van der Waals surface area contributed by atoms with Gasteiger partial charge in [0.15, 0.2) is 5.76 Å². The van der Waals surface area contributed by atoms with Crippen molar-refractivity contribution >= 4 is 10.0 Å². The molecule has 3 heterocycles. The van der Waals surface area contributed by atoms with Gasteiger partial charge < -0.3 is 9.09 Å². The summed E-state index contributed by atoms with van der Waals surface area (Å²) in [6.07, 6.45) is 8.52. The molecule has 9 heteroatoms. The molecule has 3 fully saturated rings. The van der Waals surface area contributed by atoms with E-state index in [1.807, 2.05) is 6.33 Å². The number of nitrogens with zero attached hydrogens (tertiary/aromatic N) is 5. The summed E-state index contributed by atoms with van der Waals surface area (Å²) in [6, 6.07) is 0.488. The van der Waals surface area contributed by atoms with E-state index < -0.39 is 10.0 Å². The smallest absolute Gasteiger partial charge is 0.248 e. The van der Waals surface area contributed by atoms with E-state index in [9.17, 15) is 8.42 Å². The average molecular weight is 391 g/mol. The van der Waals surface area contributed by atoms with E-state index in [4.69, 9.17) is 4.52 Å². The fourth-order valence-corrected chi connectivity index (χ4v) is 7.00. The Balaban J connectivity index is 1.54. The molecule has 2 aromatic heterocycles. The summed E-state index contributed by atoms with van der Waals surface area (Å²) in [5.74, 6) is 1.42. The molecule has 1 aliphatic heterocycles. The molecule has 0 bridgehead atoms. The molecule has 2 saturated carbocycles. The van der Waals surface area contributed by atoms with Gasteiger partial charge in [0.2, 0.25) is 10.0 Å². The van der Waals surface area contributed by atoms with E-state index in [1.165, 1.54) is 0 Å². The SMILES string of the molecule is Cc1noc(C)c1S(=O)(=O)N1CC(c2nncn2C2CC2)C2(CCCC2)C1. The molecule has 1 unspecified atom stereocenters. The van der Waals surface area contributed by atoms with E-state index in [0.29, 0.717) is 30.6 Å². The van der Waals surface area contributed by atoms with Gasteiger partial charge in [0, 0.05) is 25.0 Å². The molecule has 1 atom stereocenters. The second kappa shape index (κ2) is 5.88. The lowest BCUT2D eigenvalue weighted by molar-refractivity contribution is 0.272. The van der Waals surface area contributed by atoms with Crippen molar-refractivity contribution in [1.29, 1.82) is 0 Å². The third kappa shape index (κ3) is 2.58. The predicted octanol–water partition coefficient (Wildman–Crippen LogP) is 2.57. The van der Waals surface area contributed by atoms with Gasteiger partial charge in [0.1, 0.15) is 22.7 Å². The third-order valence-electron chi connectivity index (χ3n) is 6.63. The Labute approximate surface area is 159 Å². The van der Waals surface area contributed by atoms with Crippen molar-refractivity contribution in [1.82, 2.24) is 24.2 Å². The van der Waals surface area contributed by atoms with Crippen LogP contribution in [0.5, 0.6) is 0 Å². The number of aryl methyl sites for hydroxylation is 2. The standard InChI is InChI=1S/C18H25N5O3S/c1-12-16(13(2)26-21-12)27(24,25)22-9-15(18(10-22)7-3-4-8-18)17-20-19-11-23(17)14-5-6-14/h11,14-15H,3-10H2,1-2H3. The van der Waals surface area contributed by atoms with Gasteiger partial charge in [0.05, 0.1) is 0 Å². The summed E-state index contributed by atoms with van der Waals surface area (Å²) >= 11 is 0. The van der Waals surface area contributed by atoms with Gasteiger partial charge in [0.25, 0.3) is 0 Å². The van der Waals surface area contributed by atoms with Crippen molar-refractivity contribution in [3.05, 3.63) is 23.6 Å². The van der Waals surface area contributed by atoms with Crippen LogP contribution in [0.2, 0.25) is 0 Å². The number of hydrogen-bond donors (Lipinski definition) is 0. The van der Waals surface area contributed by atoms with E-state index in [-0.39, 0.29) is 16.2 Å². The lowest BCUT2D eigenvalue weighted by Crippen LogP contribution is -2.32. The number of sulfonamides is 1. The van der Waals surface area contributed by atoms with Crippen LogP contribution in [0.15, 0.2) is 15.7 Å². The quantitative estimate of drug-likeness (QED) is 0.795. The third-order valence-corrected chi connectivity index (χ3v) is 8.69. The van der Waals surface area contributed by atoms with Crippen LogP contribution in [0.4, 0.5) is 0 Å². The predicted molar refractivity (Wildman–Crippen MR) is 96.7 cm³/mol. The average Bonchev–Trinajstić information content (AvgIpc) is 3.03. The second-order valence-electron chi connectivity index (χ2n) is 8.40. The van der Waals surface area contributed by atoms with Gasteiger partial charge in [-0.15, -0.1) is 10.2 Å². The van der Waals surface area contributed by atoms with Crippen LogP contribution in [0, 0.1) is 19.3 Å². The first kappa shape index (κ1) is 17.4. The van der Waals surface area contributed by atoms with Crippen molar-refractivity contribution in [2.24, 2.45) is 5.41 Å². The van der Waals surface area contributed by atoms with Crippen molar-refractivity contribution in [3.63, 3.8) is 0 Å². The lowest BCUT2D eigenvalue weighted by Gasteiger charge is -2.29. The van der Waals surface area contributed by atoms with Gasteiger partial charge in [-0.1, -0.05) is 18.0 Å². The Morgan fingerprint density at radius 2 is 1.96 bits per heavy atom. The van der Waals surface area contributed by atoms with Crippen LogP contribution in [-0.2, 0) is 10.0 Å². The summed E-state index contributed by atoms with van der Waals surface area (Å²) in [7, 11) is -3.64. The minimum Gasteiger partial charge on any atom is -0.360 e. The van der Waals surface area contributed by atoms with Crippen LogP contribution < -0.4 is 0 Å². The molecule has 1 saturated heterocycles. The Morgan fingerprint density at radius 3 is 2.59 bits per heavy atom. The van der Waals surface area contributed by atoms with Gasteiger partial charge in [-0.2, -0.15) is 4.31 Å². The molecule has 8 nitrogen and oxygen atoms in total. The molecule has 27 heavy (non-hydrogen) atoms. The van der Waals surface area contributed by atoms with Gasteiger partial charge >= 0.3 is 0 Å². The molecule has 2 aliphatic carbocycles. The van der Waals surface area contributed by atoms with E-state index in [1.54, 1.807) is 18.2 Å². The number of rotatable bonds is 4. The normalized spacial score (nSPS) is 25.6. The van der Waals surface area contributed by atoms with Crippen LogP contribution in [-0.4, -0.2) is 45.7 Å². The Morgan fingerprint density at radius 1 is 1.22 bits per heavy atom. The van der Waals surface area contributed by atoms with Gasteiger partial charge in [-0.05, 0) is 44.9 Å². The Hall–Kier alpha value is -1.74. The topological polar surface area (TPSA) is 94.1 Å². The molecule has 2 aromatic rings. The minimum absolute atomic E-state index is 0.0360. The first-order valence-electron chi connectivity index (χ1n) is 9.75. The fourth-order valence-electron chi connectivity index (χ4n) is 5.15. The number of hydrogen-bond acceptors (Lipinski definition) is 6. The molecule has 146 valence electrons. The van der Waals surface area contributed by atoms with Crippen LogP contribution in [0.3, 0.4) is 0 Å². The van der Waals surface area contributed by atoms with Crippen molar-refractivity contribution < 1.29 is 12.9 Å². The van der Waals surface area contributed by atoms with Crippen molar-refractivity contribution in [2.75, 3.05) is 13.1 Å². The summed E-state index contributed by atoms with van der Waals surface area (Å²) in [4.78, 5) is 0.222. The molecule has 0 amide bonds. The van der Waals surface area contributed by atoms with Crippen molar-refractivity contribution in [3.8, 4) is 0 Å². The van der Waals surface area contributed by atoms with E-state index in [0.717, 1.165) is 44.3 Å². The Kier molecular flexibility index (Phi) is 3.78. The first-order valence-corrected chi connectivity index (χ1v) is 11.2. The maximum Gasteiger partial charge on any atom is 0.248 e. The van der Waals surface area contributed by atoms with E-state index >= 15 is 0 Å². The van der Waals surface area contributed by atoms with Crippen LogP contribution >= 0.6 is 0 Å². The monoisotopic (exact) mass is 391 g/mol. The molecular formula is C18H25N5O3S. The maximum absolute atomic E-state index is 13.4. The molecule has 0 aromatic carbocycles. The Bertz CT molecular complexity index is 950. The van der Waals surface area contributed by atoms with Gasteiger partial charge in [-0.25, -0.2) is 8.42 Å². The molecule has 0 N–H and O–H groups in total. The molecule has 3 aliphatic rings. The minimum atomic E-state index is -3.64. The molecular weight excluding hydrogens is 366 g/mol. The highest BCUT2D eigenvalue weighted by Crippen LogP contribution is 2.55. The summed E-state index contributed by atoms with van der Waals surface area (Å²) in [5, 5.41) is 12.5. The van der Waals surface area contributed by atoms with Gasteiger partial charge in [-0.3, -0.25) is 0 Å². The molecule has 5 rings (SSSR count). The van der Waals surface area contributed by atoms with Crippen molar-refractivity contribution in [2.45, 2.75) is 69.2 Å². The molecule has 0 radical (unpaired) electrons. The lowest BCUT2D eigenvalue weighted by atomic mass is 9.76. The largest absolute Gasteiger partial charge is 0.360 e.